The van der Waals surface area contributed by atoms with E-state index >= 15 is 0 Å². The molecule has 10 heteroatoms. The number of nitrogens with zero attached hydrogens (tertiary/aromatic N) is 5. The first-order valence-corrected chi connectivity index (χ1v) is 11.3. The molecule has 0 saturated heterocycles. The molecule has 0 fully saturated rings. The quantitative estimate of drug-likeness (QED) is 0.607. The van der Waals surface area contributed by atoms with E-state index in [-0.39, 0.29) is 24.7 Å². The average molecular weight is 429 g/mol. The Hall–Kier alpha value is -2.79. The molecule has 1 atom stereocenters. The Morgan fingerprint density at radius 1 is 1.20 bits per heavy atom. The van der Waals surface area contributed by atoms with Crippen molar-refractivity contribution in [3.63, 3.8) is 0 Å². The van der Waals surface area contributed by atoms with Gasteiger partial charge < -0.3 is 18.8 Å². The fraction of sp³-hybridized carbons (Fsp3) is 0.400. The van der Waals surface area contributed by atoms with Gasteiger partial charge in [0.2, 0.25) is 0 Å². The Morgan fingerprint density at radius 2 is 1.90 bits per heavy atom. The highest BCUT2D eigenvalue weighted by Crippen LogP contribution is 2.60. The van der Waals surface area contributed by atoms with Crippen LogP contribution in [0.15, 0.2) is 30.6 Å². The average Bonchev–Trinajstić information content (AvgIpc) is 2.83. The van der Waals surface area contributed by atoms with E-state index in [1.807, 2.05) is 24.0 Å². The minimum atomic E-state index is -3.77. The number of rotatable bonds is 7. The number of carbonyl (C=O) groups excluding carboxylic acids is 1. The predicted molar refractivity (Wildman–Crippen MR) is 113 cm³/mol. The molecule has 3 heterocycles. The maximum Gasteiger partial charge on any atom is 0.352 e. The van der Waals surface area contributed by atoms with Gasteiger partial charge in [0.05, 0.1) is 30.5 Å². The number of pyridine rings is 2. The third kappa shape index (κ3) is 3.70. The molecule has 1 unspecified atom stereocenters. The number of amides is 1. The van der Waals surface area contributed by atoms with Crippen molar-refractivity contribution in [2.45, 2.75) is 26.4 Å². The van der Waals surface area contributed by atoms with E-state index in [0.29, 0.717) is 29.4 Å². The Balaban J connectivity index is 2.16. The lowest BCUT2D eigenvalue weighted by molar-refractivity contribution is 0.0994. The van der Waals surface area contributed by atoms with Crippen molar-refractivity contribution in [2.75, 3.05) is 36.6 Å². The second-order valence-corrected chi connectivity index (χ2v) is 8.61. The lowest BCUT2D eigenvalue weighted by Gasteiger charge is -2.24. The van der Waals surface area contributed by atoms with Crippen LogP contribution >= 0.6 is 7.60 Å². The number of anilines is 3. The summed E-state index contributed by atoms with van der Waals surface area (Å²) in [4.78, 5) is 25.5. The van der Waals surface area contributed by atoms with Crippen molar-refractivity contribution in [1.29, 1.82) is 5.26 Å². The highest BCUT2D eigenvalue weighted by Gasteiger charge is 2.39. The number of fused-ring (bicyclic) bond motifs is 2. The normalized spacial score (nSPS) is 14.6. The molecule has 9 nitrogen and oxygen atoms in total. The van der Waals surface area contributed by atoms with Gasteiger partial charge in [0, 0.05) is 31.5 Å². The molecule has 1 amide bonds. The molecule has 3 rings (SSSR count). The first-order chi connectivity index (χ1) is 14.4. The number of hydrogen-bond donors (Lipinski definition) is 0. The highest BCUT2D eigenvalue weighted by atomic mass is 31.2. The van der Waals surface area contributed by atoms with E-state index in [4.69, 9.17) is 9.05 Å². The van der Waals surface area contributed by atoms with Gasteiger partial charge in [-0.2, -0.15) is 5.26 Å². The number of hydrogen-bond acceptors (Lipinski definition) is 8. The largest absolute Gasteiger partial charge is 0.352 e. The van der Waals surface area contributed by atoms with Crippen LogP contribution in [-0.4, -0.2) is 42.7 Å². The maximum atomic E-state index is 13.2. The fourth-order valence-electron chi connectivity index (χ4n) is 3.42. The van der Waals surface area contributed by atoms with Crippen LogP contribution in [0.25, 0.3) is 0 Å². The number of nitriles is 1. The van der Waals surface area contributed by atoms with Crippen LogP contribution in [0.3, 0.4) is 0 Å². The third-order valence-corrected chi connectivity index (χ3v) is 7.03. The van der Waals surface area contributed by atoms with Crippen molar-refractivity contribution in [3.8, 4) is 6.07 Å². The zero-order chi connectivity index (χ0) is 21.9. The summed E-state index contributed by atoms with van der Waals surface area (Å²) in [6.45, 7) is 6.07. The SMILES string of the molecule is CCOP(=O)(OCC)C(C#N)c1cnc2c(c1)C(=O)N(C)c1cccnc1N2CC. The van der Waals surface area contributed by atoms with Gasteiger partial charge in [-0.05, 0) is 39.0 Å². The molecule has 158 valence electrons. The smallest absolute Gasteiger partial charge is 0.309 e. The Kier molecular flexibility index (Phi) is 6.52. The molecule has 2 aromatic heterocycles. The van der Waals surface area contributed by atoms with Crippen molar-refractivity contribution in [1.82, 2.24) is 9.97 Å². The molecule has 1 aliphatic heterocycles. The van der Waals surface area contributed by atoms with Crippen molar-refractivity contribution in [3.05, 3.63) is 41.7 Å². The number of aromatic nitrogens is 2. The third-order valence-electron chi connectivity index (χ3n) is 4.75. The molecule has 0 aromatic carbocycles. The molecule has 0 bridgehead atoms. The van der Waals surface area contributed by atoms with E-state index in [2.05, 4.69) is 9.97 Å². The van der Waals surface area contributed by atoms with Gasteiger partial charge in [-0.3, -0.25) is 9.36 Å². The van der Waals surface area contributed by atoms with Crippen molar-refractivity contribution in [2.24, 2.45) is 0 Å². The van der Waals surface area contributed by atoms with Crippen molar-refractivity contribution < 1.29 is 18.4 Å². The molecule has 0 aliphatic carbocycles. The maximum absolute atomic E-state index is 13.2. The van der Waals surface area contributed by atoms with E-state index in [1.54, 1.807) is 39.2 Å². The van der Waals surface area contributed by atoms with Gasteiger partial charge in [0.15, 0.2) is 11.5 Å². The molecule has 0 radical (unpaired) electrons. The molecule has 2 aromatic rings. The van der Waals surface area contributed by atoms with E-state index in [1.165, 1.54) is 11.1 Å². The summed E-state index contributed by atoms with van der Waals surface area (Å²) in [6, 6.07) is 7.14. The summed E-state index contributed by atoms with van der Waals surface area (Å²) in [5.74, 6) is 0.736. The van der Waals surface area contributed by atoms with Gasteiger partial charge in [-0.25, -0.2) is 9.97 Å². The summed E-state index contributed by atoms with van der Waals surface area (Å²) >= 11 is 0. The molecule has 1 aliphatic rings. The molecular formula is C20H24N5O4P. The van der Waals surface area contributed by atoms with Gasteiger partial charge in [-0.1, -0.05) is 0 Å². The monoisotopic (exact) mass is 429 g/mol. The van der Waals surface area contributed by atoms with Crippen LogP contribution in [0.4, 0.5) is 17.3 Å². The molecule has 0 saturated carbocycles. The number of carbonyl (C=O) groups is 1. The van der Waals surface area contributed by atoms with Crippen LogP contribution < -0.4 is 9.80 Å². The second-order valence-electron chi connectivity index (χ2n) is 6.50. The second kappa shape index (κ2) is 8.92. The van der Waals surface area contributed by atoms with Gasteiger partial charge in [0.25, 0.3) is 5.91 Å². The van der Waals surface area contributed by atoms with Crippen LogP contribution in [0.5, 0.6) is 0 Å². The summed E-state index contributed by atoms with van der Waals surface area (Å²) in [7, 11) is -2.11. The molecule has 0 spiro atoms. The van der Waals surface area contributed by atoms with Gasteiger partial charge >= 0.3 is 7.60 Å². The summed E-state index contributed by atoms with van der Waals surface area (Å²) in [5, 5.41) is 9.76. The minimum Gasteiger partial charge on any atom is -0.309 e. The summed E-state index contributed by atoms with van der Waals surface area (Å²) in [6.07, 6.45) is 3.10. The standard InChI is InChI=1S/C20H24N5O4P/c1-5-25-18-15(20(26)24(4)16-9-8-10-22-19(16)25)11-14(13-23-18)17(12-21)30(27,28-6-2)29-7-3/h8-11,13,17H,5-7H2,1-4H3. The molecular weight excluding hydrogens is 405 g/mol. The predicted octanol–water partition coefficient (Wildman–Crippen LogP) is 4.06. The lowest BCUT2D eigenvalue weighted by atomic mass is 10.1. The zero-order valence-electron chi connectivity index (χ0n) is 17.4. The Labute approximate surface area is 175 Å². The van der Waals surface area contributed by atoms with Crippen LogP contribution in [0, 0.1) is 11.3 Å². The van der Waals surface area contributed by atoms with Crippen LogP contribution in [0.2, 0.25) is 0 Å². The minimum absolute atomic E-state index is 0.125. The van der Waals surface area contributed by atoms with E-state index in [9.17, 15) is 14.6 Å². The molecule has 0 N–H and O–H groups in total. The Morgan fingerprint density at radius 3 is 2.50 bits per heavy atom. The van der Waals surface area contributed by atoms with Crippen molar-refractivity contribution >= 4 is 30.8 Å². The highest BCUT2D eigenvalue weighted by molar-refractivity contribution is 7.54. The zero-order valence-corrected chi connectivity index (χ0v) is 18.3. The van der Waals surface area contributed by atoms with Crippen LogP contribution in [-0.2, 0) is 13.6 Å². The summed E-state index contributed by atoms with van der Waals surface area (Å²) < 4.78 is 23.9. The molecule has 30 heavy (non-hydrogen) atoms. The van der Waals surface area contributed by atoms with E-state index in [0.717, 1.165) is 0 Å². The van der Waals surface area contributed by atoms with Gasteiger partial charge in [0.1, 0.15) is 5.82 Å². The van der Waals surface area contributed by atoms with Gasteiger partial charge in [-0.15, -0.1) is 0 Å². The van der Waals surface area contributed by atoms with E-state index < -0.39 is 13.3 Å². The first-order valence-electron chi connectivity index (χ1n) is 9.70. The topological polar surface area (TPSA) is 109 Å². The first kappa shape index (κ1) is 21.9. The lowest BCUT2D eigenvalue weighted by Crippen LogP contribution is -2.25. The fourth-order valence-corrected chi connectivity index (χ4v) is 5.16. The van der Waals surface area contributed by atoms with Crippen LogP contribution in [0.1, 0.15) is 42.4 Å². The summed E-state index contributed by atoms with van der Waals surface area (Å²) in [5.41, 5.74) is 0.0371. The Bertz CT molecular complexity index is 1030.